The Balaban J connectivity index is 2.21. The highest BCUT2D eigenvalue weighted by Gasteiger charge is 2.18. The van der Waals surface area contributed by atoms with Gasteiger partial charge in [0.25, 0.3) is 0 Å². The molecule has 0 saturated carbocycles. The average molecular weight is 304 g/mol. The van der Waals surface area contributed by atoms with Gasteiger partial charge in [-0.3, -0.25) is 4.79 Å². The van der Waals surface area contributed by atoms with E-state index in [1.54, 1.807) is 18.3 Å². The van der Waals surface area contributed by atoms with Crippen LogP contribution in [0.25, 0.3) is 10.9 Å². The zero-order chi connectivity index (χ0) is 14.3. The zero-order valence-electron chi connectivity index (χ0n) is 10.7. The summed E-state index contributed by atoms with van der Waals surface area (Å²) in [5, 5.41) is 1.77. The molecule has 0 aliphatic rings. The third-order valence-corrected chi connectivity index (χ3v) is 4.15. The molecule has 0 saturated heterocycles. The molecule has 0 fully saturated rings. The van der Waals surface area contributed by atoms with Gasteiger partial charge in [0.05, 0.1) is 10.0 Å². The van der Waals surface area contributed by atoms with Crippen LogP contribution in [0.5, 0.6) is 0 Å². The second-order valence-electron chi connectivity index (χ2n) is 4.63. The van der Waals surface area contributed by atoms with Gasteiger partial charge in [-0.2, -0.15) is 0 Å². The van der Waals surface area contributed by atoms with Crippen LogP contribution in [0.15, 0.2) is 42.6 Å². The molecule has 20 heavy (non-hydrogen) atoms. The Morgan fingerprint density at radius 1 is 1.05 bits per heavy atom. The fraction of sp³-hybridized carbons (Fsp3) is 0.0625. The number of carbonyl (C=O) groups excluding carboxylic acids is 1. The first-order valence-corrected chi connectivity index (χ1v) is 6.90. The maximum absolute atomic E-state index is 12.7. The smallest absolute Gasteiger partial charge is 0.196 e. The summed E-state index contributed by atoms with van der Waals surface area (Å²) in [7, 11) is 0. The van der Waals surface area contributed by atoms with Gasteiger partial charge >= 0.3 is 0 Å². The Bertz CT molecular complexity index is 820. The molecule has 3 rings (SSSR count). The van der Waals surface area contributed by atoms with Gasteiger partial charge in [0, 0.05) is 28.2 Å². The van der Waals surface area contributed by atoms with Gasteiger partial charge in [-0.25, -0.2) is 0 Å². The van der Waals surface area contributed by atoms with E-state index in [0.29, 0.717) is 21.2 Å². The van der Waals surface area contributed by atoms with Gasteiger partial charge in [0.1, 0.15) is 0 Å². The van der Waals surface area contributed by atoms with E-state index in [2.05, 4.69) is 4.98 Å². The minimum absolute atomic E-state index is 0.127. The summed E-state index contributed by atoms with van der Waals surface area (Å²) in [5.41, 5.74) is 2.75. The molecule has 0 aliphatic heterocycles. The first-order valence-electron chi connectivity index (χ1n) is 6.15. The van der Waals surface area contributed by atoms with Crippen molar-refractivity contribution in [3.8, 4) is 0 Å². The minimum atomic E-state index is -0.127. The maximum atomic E-state index is 12.7. The molecule has 0 bridgehead atoms. The number of fused-ring (bicyclic) bond motifs is 1. The lowest BCUT2D eigenvalue weighted by Gasteiger charge is -2.05. The molecule has 4 heteroatoms. The van der Waals surface area contributed by atoms with Gasteiger partial charge in [-0.05, 0) is 30.7 Å². The van der Waals surface area contributed by atoms with Crippen LogP contribution >= 0.6 is 23.2 Å². The number of rotatable bonds is 2. The van der Waals surface area contributed by atoms with Gasteiger partial charge < -0.3 is 4.98 Å². The van der Waals surface area contributed by atoms with Crippen molar-refractivity contribution >= 4 is 39.9 Å². The van der Waals surface area contributed by atoms with E-state index in [-0.39, 0.29) is 5.78 Å². The number of nitrogens with one attached hydrogen (secondary N) is 1. The number of hydrogen-bond acceptors (Lipinski definition) is 1. The quantitative estimate of drug-likeness (QED) is 0.663. The highest BCUT2D eigenvalue weighted by atomic mass is 35.5. The average Bonchev–Trinajstić information content (AvgIpc) is 2.86. The first-order chi connectivity index (χ1) is 9.59. The van der Waals surface area contributed by atoms with Crippen LogP contribution in [0.3, 0.4) is 0 Å². The van der Waals surface area contributed by atoms with Crippen molar-refractivity contribution in [1.29, 1.82) is 0 Å². The molecule has 100 valence electrons. The Kier molecular flexibility index (Phi) is 3.28. The van der Waals surface area contributed by atoms with E-state index in [4.69, 9.17) is 23.2 Å². The SMILES string of the molecule is Cc1cccc(C(=O)c2c[nH]c3cccc(Cl)c23)c1Cl. The summed E-state index contributed by atoms with van der Waals surface area (Å²) in [4.78, 5) is 15.7. The largest absolute Gasteiger partial charge is 0.360 e. The van der Waals surface area contributed by atoms with Gasteiger partial charge in [-0.15, -0.1) is 0 Å². The zero-order valence-corrected chi connectivity index (χ0v) is 12.2. The van der Waals surface area contributed by atoms with Gasteiger partial charge in [-0.1, -0.05) is 41.4 Å². The van der Waals surface area contributed by atoms with Crippen molar-refractivity contribution < 1.29 is 4.79 Å². The lowest BCUT2D eigenvalue weighted by molar-refractivity contribution is 0.104. The van der Waals surface area contributed by atoms with E-state index < -0.39 is 0 Å². The topological polar surface area (TPSA) is 32.9 Å². The Labute approximate surface area is 126 Å². The molecule has 1 heterocycles. The van der Waals surface area contributed by atoms with Crippen molar-refractivity contribution in [2.75, 3.05) is 0 Å². The molecule has 0 unspecified atom stereocenters. The lowest BCUT2D eigenvalue weighted by atomic mass is 10.0. The number of aromatic nitrogens is 1. The maximum Gasteiger partial charge on any atom is 0.196 e. The molecule has 0 spiro atoms. The van der Waals surface area contributed by atoms with E-state index in [0.717, 1.165) is 16.5 Å². The number of H-pyrrole nitrogens is 1. The van der Waals surface area contributed by atoms with Gasteiger partial charge in [0.2, 0.25) is 0 Å². The van der Waals surface area contributed by atoms with E-state index in [1.807, 2.05) is 31.2 Å². The van der Waals surface area contributed by atoms with E-state index in [1.165, 1.54) is 0 Å². The standard InChI is InChI=1S/C16H11Cl2NO/c1-9-4-2-5-10(15(9)18)16(20)11-8-19-13-7-3-6-12(17)14(11)13/h2-8,19H,1H3. The number of halogens is 2. The van der Waals surface area contributed by atoms with Crippen LogP contribution in [0.1, 0.15) is 21.5 Å². The highest BCUT2D eigenvalue weighted by molar-refractivity contribution is 6.39. The molecule has 1 aromatic heterocycles. The molecule has 2 nitrogen and oxygen atoms in total. The fourth-order valence-electron chi connectivity index (χ4n) is 2.29. The van der Waals surface area contributed by atoms with Crippen molar-refractivity contribution in [2.45, 2.75) is 6.92 Å². The Morgan fingerprint density at radius 2 is 1.80 bits per heavy atom. The van der Waals surface area contributed by atoms with Crippen LogP contribution < -0.4 is 0 Å². The summed E-state index contributed by atoms with van der Waals surface area (Å²) in [6.45, 7) is 1.88. The van der Waals surface area contributed by atoms with E-state index in [9.17, 15) is 4.79 Å². The second-order valence-corrected chi connectivity index (χ2v) is 5.42. The van der Waals surface area contributed by atoms with Crippen molar-refractivity contribution in [2.24, 2.45) is 0 Å². The molecule has 0 atom stereocenters. The number of aryl methyl sites for hydroxylation is 1. The second kappa shape index (κ2) is 4.97. The molecule has 0 aliphatic carbocycles. The molecule has 0 radical (unpaired) electrons. The number of carbonyl (C=O) groups is 1. The Morgan fingerprint density at radius 3 is 2.60 bits per heavy atom. The lowest BCUT2D eigenvalue weighted by Crippen LogP contribution is -2.02. The molecule has 3 aromatic rings. The van der Waals surface area contributed by atoms with Crippen LogP contribution in [0.2, 0.25) is 10.0 Å². The fourth-order valence-corrected chi connectivity index (χ4v) is 2.78. The monoisotopic (exact) mass is 303 g/mol. The number of ketones is 1. The van der Waals surface area contributed by atoms with Crippen LogP contribution in [-0.4, -0.2) is 10.8 Å². The minimum Gasteiger partial charge on any atom is -0.360 e. The molecule has 0 amide bonds. The molecule has 2 aromatic carbocycles. The van der Waals surface area contributed by atoms with Gasteiger partial charge in [0.15, 0.2) is 5.78 Å². The predicted octanol–water partition coefficient (Wildman–Crippen LogP) is 5.01. The van der Waals surface area contributed by atoms with Crippen LogP contribution in [0, 0.1) is 6.92 Å². The summed E-state index contributed by atoms with van der Waals surface area (Å²) < 4.78 is 0. The molecule has 1 N–H and O–H groups in total. The highest BCUT2D eigenvalue weighted by Crippen LogP contribution is 2.30. The normalized spacial score (nSPS) is 10.9. The summed E-state index contributed by atoms with van der Waals surface area (Å²) in [6, 6.07) is 10.9. The number of benzene rings is 2. The number of hydrogen-bond donors (Lipinski definition) is 1. The van der Waals surface area contributed by atoms with E-state index >= 15 is 0 Å². The summed E-state index contributed by atoms with van der Waals surface area (Å²) in [5.74, 6) is -0.127. The summed E-state index contributed by atoms with van der Waals surface area (Å²) in [6.07, 6.45) is 1.68. The number of aromatic amines is 1. The van der Waals surface area contributed by atoms with Crippen LogP contribution in [-0.2, 0) is 0 Å². The first kappa shape index (κ1) is 13.2. The Hall–Kier alpha value is -1.77. The molecular weight excluding hydrogens is 293 g/mol. The molecular formula is C16H11Cl2NO. The third-order valence-electron chi connectivity index (χ3n) is 3.34. The van der Waals surface area contributed by atoms with Crippen molar-refractivity contribution in [3.63, 3.8) is 0 Å². The van der Waals surface area contributed by atoms with Crippen LogP contribution in [0.4, 0.5) is 0 Å². The van der Waals surface area contributed by atoms with Crippen molar-refractivity contribution in [1.82, 2.24) is 4.98 Å². The van der Waals surface area contributed by atoms with Crippen molar-refractivity contribution in [3.05, 3.63) is 69.3 Å². The predicted molar refractivity (Wildman–Crippen MR) is 82.9 cm³/mol. The third kappa shape index (κ3) is 2.01. The summed E-state index contributed by atoms with van der Waals surface area (Å²) >= 11 is 12.4.